The fourth-order valence-corrected chi connectivity index (χ4v) is 2.01. The van der Waals surface area contributed by atoms with Crippen LogP contribution in [-0.2, 0) is 6.18 Å². The van der Waals surface area contributed by atoms with Crippen LogP contribution in [-0.4, -0.2) is 37.0 Å². The van der Waals surface area contributed by atoms with Gasteiger partial charge in [-0.3, -0.25) is 4.79 Å². The number of likely N-dealkylation sites (N-methyl/N-ethyl adjacent to an activating group) is 1. The monoisotopic (exact) mass is 366 g/mol. The number of halogens is 4. The van der Waals surface area contributed by atoms with E-state index >= 15 is 0 Å². The van der Waals surface area contributed by atoms with Crippen molar-refractivity contribution in [1.82, 2.24) is 10.2 Å². The summed E-state index contributed by atoms with van der Waals surface area (Å²) in [4.78, 5) is 13.9. The predicted octanol–water partition coefficient (Wildman–Crippen LogP) is 3.54. The summed E-state index contributed by atoms with van der Waals surface area (Å²) in [5, 5.41) is 2.52. The normalized spacial score (nSPS) is 12.0. The number of nitrogens with zero attached hydrogens (tertiary/aromatic N) is 1. The highest BCUT2D eigenvalue weighted by Gasteiger charge is 2.35. The lowest BCUT2D eigenvalue weighted by molar-refractivity contribution is -0.138. The lowest BCUT2D eigenvalue weighted by Crippen LogP contribution is -2.36. The van der Waals surface area contributed by atoms with Gasteiger partial charge >= 0.3 is 6.18 Å². The van der Waals surface area contributed by atoms with Crippen molar-refractivity contribution < 1.29 is 18.0 Å². The van der Waals surface area contributed by atoms with E-state index in [0.717, 1.165) is 6.07 Å². The van der Waals surface area contributed by atoms with Crippen molar-refractivity contribution in [3.8, 4) is 0 Å². The van der Waals surface area contributed by atoms with Crippen molar-refractivity contribution in [3.63, 3.8) is 0 Å². The van der Waals surface area contributed by atoms with E-state index in [1.807, 2.05) is 25.8 Å². The van der Waals surface area contributed by atoms with E-state index in [4.69, 9.17) is 0 Å². The minimum Gasteiger partial charge on any atom is -0.351 e. The molecule has 7 heteroatoms. The zero-order valence-electron chi connectivity index (χ0n) is 12.1. The fourth-order valence-electron chi connectivity index (χ4n) is 1.65. The Balaban J connectivity index is 2.79. The minimum atomic E-state index is -4.56. The Bertz CT molecular complexity index is 503. The van der Waals surface area contributed by atoms with Crippen molar-refractivity contribution in [2.45, 2.75) is 26.1 Å². The van der Waals surface area contributed by atoms with Crippen molar-refractivity contribution in [2.24, 2.45) is 0 Å². The molecule has 0 bridgehead atoms. The molecule has 0 fully saturated rings. The van der Waals surface area contributed by atoms with Crippen LogP contribution in [0.5, 0.6) is 0 Å². The Morgan fingerprint density at radius 3 is 2.52 bits per heavy atom. The number of nitrogens with one attached hydrogen (secondary N) is 1. The van der Waals surface area contributed by atoms with Crippen molar-refractivity contribution in [1.29, 1.82) is 0 Å². The zero-order valence-corrected chi connectivity index (χ0v) is 13.7. The number of benzene rings is 1. The van der Waals surface area contributed by atoms with E-state index < -0.39 is 17.6 Å². The van der Waals surface area contributed by atoms with E-state index in [0.29, 0.717) is 19.1 Å². The third kappa shape index (κ3) is 5.32. The molecule has 3 nitrogen and oxygen atoms in total. The van der Waals surface area contributed by atoms with Crippen LogP contribution in [0.3, 0.4) is 0 Å². The van der Waals surface area contributed by atoms with Crippen LogP contribution in [0.2, 0.25) is 0 Å². The van der Waals surface area contributed by atoms with Gasteiger partial charge in [-0.15, -0.1) is 0 Å². The number of hydrogen-bond acceptors (Lipinski definition) is 2. The highest BCUT2D eigenvalue weighted by molar-refractivity contribution is 9.10. The van der Waals surface area contributed by atoms with Crippen LogP contribution in [0.1, 0.15) is 29.8 Å². The Morgan fingerprint density at radius 1 is 1.38 bits per heavy atom. The molecular weight excluding hydrogens is 349 g/mol. The largest absolute Gasteiger partial charge is 0.417 e. The van der Waals surface area contributed by atoms with E-state index in [2.05, 4.69) is 21.2 Å². The molecule has 0 aliphatic carbocycles. The SMILES string of the molecule is CC(C)N(C)CCNC(=O)c1ccc(Br)cc1C(F)(F)F. The molecule has 0 aliphatic rings. The smallest absolute Gasteiger partial charge is 0.351 e. The van der Waals surface area contributed by atoms with Gasteiger partial charge in [-0.2, -0.15) is 13.2 Å². The van der Waals surface area contributed by atoms with Crippen LogP contribution in [0.15, 0.2) is 22.7 Å². The van der Waals surface area contributed by atoms with Gasteiger partial charge < -0.3 is 10.2 Å². The second-order valence-electron chi connectivity index (χ2n) is 5.02. The van der Waals surface area contributed by atoms with Gasteiger partial charge in [0.2, 0.25) is 0 Å². The Morgan fingerprint density at radius 2 is 2.00 bits per heavy atom. The van der Waals surface area contributed by atoms with Gasteiger partial charge in [-0.05, 0) is 39.1 Å². The van der Waals surface area contributed by atoms with Crippen LogP contribution >= 0.6 is 15.9 Å². The molecule has 0 radical (unpaired) electrons. The summed E-state index contributed by atoms with van der Waals surface area (Å²) in [6.07, 6.45) is -4.56. The summed E-state index contributed by atoms with van der Waals surface area (Å²) in [5.74, 6) is -0.716. The maximum absolute atomic E-state index is 12.9. The minimum absolute atomic E-state index is 0.283. The van der Waals surface area contributed by atoms with E-state index in [1.165, 1.54) is 12.1 Å². The van der Waals surface area contributed by atoms with Gasteiger partial charge in [-0.1, -0.05) is 15.9 Å². The fraction of sp³-hybridized carbons (Fsp3) is 0.500. The molecule has 0 saturated carbocycles. The molecule has 0 saturated heterocycles. The predicted molar refractivity (Wildman–Crippen MR) is 79.2 cm³/mol. The average molecular weight is 367 g/mol. The van der Waals surface area contributed by atoms with Gasteiger partial charge in [0.15, 0.2) is 0 Å². The van der Waals surface area contributed by atoms with E-state index in [9.17, 15) is 18.0 Å². The molecule has 118 valence electrons. The molecule has 0 unspecified atom stereocenters. The van der Waals surface area contributed by atoms with Crippen LogP contribution < -0.4 is 5.32 Å². The molecule has 1 N–H and O–H groups in total. The number of carbonyl (C=O) groups excluding carboxylic acids is 1. The average Bonchev–Trinajstić information content (AvgIpc) is 2.37. The lowest BCUT2D eigenvalue weighted by atomic mass is 10.1. The molecule has 0 spiro atoms. The molecular formula is C14H18BrF3N2O. The van der Waals surface area contributed by atoms with Gasteiger partial charge in [0.05, 0.1) is 11.1 Å². The van der Waals surface area contributed by atoms with Crippen molar-refractivity contribution >= 4 is 21.8 Å². The molecule has 0 heterocycles. The topological polar surface area (TPSA) is 32.3 Å². The summed E-state index contributed by atoms with van der Waals surface area (Å²) in [5.41, 5.74) is -1.30. The Labute approximate surface area is 130 Å². The molecule has 0 aliphatic heterocycles. The summed E-state index contributed by atoms with van der Waals surface area (Å²) in [6, 6.07) is 3.81. The third-order valence-corrected chi connectivity index (χ3v) is 3.66. The first-order valence-electron chi connectivity index (χ1n) is 6.48. The maximum atomic E-state index is 12.9. The highest BCUT2D eigenvalue weighted by Crippen LogP contribution is 2.33. The number of alkyl halides is 3. The molecule has 1 rings (SSSR count). The van der Waals surface area contributed by atoms with Crippen LogP contribution in [0, 0.1) is 0 Å². The maximum Gasteiger partial charge on any atom is 0.417 e. The summed E-state index contributed by atoms with van der Waals surface area (Å²) in [6.45, 7) is 4.86. The molecule has 1 aromatic carbocycles. The molecule has 1 amide bonds. The van der Waals surface area contributed by atoms with Crippen LogP contribution in [0.25, 0.3) is 0 Å². The van der Waals surface area contributed by atoms with Crippen LogP contribution in [0.4, 0.5) is 13.2 Å². The third-order valence-electron chi connectivity index (χ3n) is 3.16. The molecule has 0 aromatic heterocycles. The summed E-state index contributed by atoms with van der Waals surface area (Å²) in [7, 11) is 1.89. The Hall–Kier alpha value is -1.08. The van der Waals surface area contributed by atoms with Gasteiger partial charge in [0.1, 0.15) is 0 Å². The molecule has 21 heavy (non-hydrogen) atoms. The molecule has 1 aromatic rings. The summed E-state index contributed by atoms with van der Waals surface area (Å²) >= 11 is 2.99. The number of hydrogen-bond donors (Lipinski definition) is 1. The van der Waals surface area contributed by atoms with Crippen molar-refractivity contribution in [3.05, 3.63) is 33.8 Å². The number of carbonyl (C=O) groups is 1. The quantitative estimate of drug-likeness (QED) is 0.864. The first-order chi connectivity index (χ1) is 9.62. The second kappa shape index (κ2) is 7.26. The standard InChI is InChI=1S/C14H18BrF3N2O/c1-9(2)20(3)7-6-19-13(21)11-5-4-10(15)8-12(11)14(16,17)18/h4-5,8-9H,6-7H2,1-3H3,(H,19,21). The zero-order chi connectivity index (χ0) is 16.2. The number of rotatable bonds is 5. The van der Waals surface area contributed by atoms with Gasteiger partial charge in [-0.25, -0.2) is 0 Å². The van der Waals surface area contributed by atoms with E-state index in [1.54, 1.807) is 0 Å². The second-order valence-corrected chi connectivity index (χ2v) is 5.93. The first-order valence-corrected chi connectivity index (χ1v) is 7.27. The first kappa shape index (κ1) is 18.0. The Kier molecular flexibility index (Phi) is 6.22. The molecule has 0 atom stereocenters. The highest BCUT2D eigenvalue weighted by atomic mass is 79.9. The van der Waals surface area contributed by atoms with E-state index in [-0.39, 0.29) is 10.0 Å². The van der Waals surface area contributed by atoms with Gasteiger partial charge in [0.25, 0.3) is 5.91 Å². The van der Waals surface area contributed by atoms with Crippen molar-refractivity contribution in [2.75, 3.05) is 20.1 Å². The summed E-state index contributed by atoms with van der Waals surface area (Å²) < 4.78 is 39.1. The van der Waals surface area contributed by atoms with Gasteiger partial charge in [0, 0.05) is 23.6 Å². The lowest BCUT2D eigenvalue weighted by Gasteiger charge is -2.21. The number of amides is 1.